The number of nitrogens with one attached hydrogen (secondary N) is 11. The van der Waals surface area contributed by atoms with Crippen molar-refractivity contribution in [1.29, 1.82) is 0 Å². The molecule has 1 aromatic carbocycles. The van der Waals surface area contributed by atoms with Gasteiger partial charge in [-0.05, 0) is 30.5 Å². The van der Waals surface area contributed by atoms with Crippen molar-refractivity contribution >= 4 is 109 Å². The summed E-state index contributed by atoms with van der Waals surface area (Å²) in [6.07, 6.45) is 4.09. The van der Waals surface area contributed by atoms with E-state index in [1.807, 2.05) is 0 Å². The zero-order valence-corrected chi connectivity index (χ0v) is 44.3. The number of benzene rings is 1. The van der Waals surface area contributed by atoms with Crippen LogP contribution in [0.25, 0.3) is 0 Å². The third-order valence-corrected chi connectivity index (χ3v) is 12.0. The molecule has 0 aliphatic carbocycles. The van der Waals surface area contributed by atoms with E-state index in [-0.39, 0.29) is 67.6 Å². The second-order valence-corrected chi connectivity index (χ2v) is 18.1. The summed E-state index contributed by atoms with van der Waals surface area (Å²) in [6.45, 7) is -1.50. The molecule has 21 N–H and O–H groups in total. The number of phenolic OH excluding ortho intramolecular Hbond substituents is 1. The van der Waals surface area contributed by atoms with Gasteiger partial charge in [0.05, 0.1) is 38.2 Å². The highest BCUT2D eigenvalue weighted by atomic mass is 32.1. The maximum Gasteiger partial charge on any atom is 0.327 e. The average molecular weight is 1150 g/mol. The highest BCUT2D eigenvalue weighted by molar-refractivity contribution is 7.80. The maximum absolute atomic E-state index is 14.3. The highest BCUT2D eigenvalue weighted by Gasteiger charge is 2.34. The number of aromatic amines is 2. The number of phenols is 1. The molecule has 0 unspecified atom stereocenters. The van der Waals surface area contributed by atoms with Crippen LogP contribution in [0.3, 0.4) is 0 Å². The number of nitrogens with two attached hydrogens (primary N) is 4. The van der Waals surface area contributed by atoms with Crippen molar-refractivity contribution < 1.29 is 63.0 Å². The number of H-pyrrole nitrogens is 2. The Balaban J connectivity index is 1.79. The van der Waals surface area contributed by atoms with Gasteiger partial charge in [0.1, 0.15) is 48.0 Å². The van der Waals surface area contributed by atoms with Crippen molar-refractivity contribution in [2.45, 2.75) is 86.9 Å². The Labute approximate surface area is 461 Å². The number of rotatable bonds is 34. The number of carboxylic acids is 1. The van der Waals surface area contributed by atoms with Gasteiger partial charge in [0, 0.05) is 66.8 Å². The summed E-state index contributed by atoms with van der Waals surface area (Å²) in [4.78, 5) is 161. The minimum Gasteiger partial charge on any atom is -0.508 e. The van der Waals surface area contributed by atoms with Crippen molar-refractivity contribution in [3.8, 4) is 5.75 Å². The summed E-state index contributed by atoms with van der Waals surface area (Å²) in [7, 11) is 0. The normalized spacial score (nSPS) is 13.9. The van der Waals surface area contributed by atoms with Crippen LogP contribution in [0.15, 0.2) is 54.3 Å². The van der Waals surface area contributed by atoms with Crippen LogP contribution in [-0.2, 0) is 72.0 Å². The van der Waals surface area contributed by atoms with Gasteiger partial charge in [-0.1, -0.05) is 12.1 Å². The van der Waals surface area contributed by atoms with E-state index in [9.17, 15) is 63.0 Å². The lowest BCUT2D eigenvalue weighted by molar-refractivity contribution is -0.141. The molecule has 31 nitrogen and oxygen atoms in total. The molecule has 10 amide bonds. The second-order valence-electron chi connectivity index (χ2n) is 17.0. The number of aliphatic carboxylic acids is 1. The Morgan fingerprint density at radius 1 is 0.564 bits per heavy atom. The molecule has 0 aliphatic heterocycles. The van der Waals surface area contributed by atoms with E-state index in [4.69, 9.17) is 22.9 Å². The lowest BCUT2D eigenvalue weighted by Crippen LogP contribution is -2.60. The van der Waals surface area contributed by atoms with E-state index < -0.39 is 133 Å². The zero-order valence-electron chi connectivity index (χ0n) is 41.6. The molecule has 0 fully saturated rings. The molecule has 0 saturated heterocycles. The number of aliphatic imine (C=N–C) groups is 1. The fraction of sp³-hybridized carbons (Fsp3) is 0.455. The van der Waals surface area contributed by atoms with Crippen molar-refractivity contribution in [3.05, 3.63) is 66.3 Å². The van der Waals surface area contributed by atoms with Gasteiger partial charge in [-0.25, -0.2) is 14.8 Å². The molecule has 0 bridgehead atoms. The van der Waals surface area contributed by atoms with Crippen LogP contribution >= 0.6 is 37.9 Å². The van der Waals surface area contributed by atoms with Gasteiger partial charge in [-0.15, -0.1) is 0 Å². The molecule has 0 radical (unpaired) electrons. The number of carbonyl (C=O) groups excluding carboxylic acids is 10. The van der Waals surface area contributed by atoms with Gasteiger partial charge >= 0.3 is 5.97 Å². The lowest BCUT2D eigenvalue weighted by atomic mass is 10.0. The second kappa shape index (κ2) is 33.1. The molecule has 3 aromatic rings. The topological polar surface area (TPSA) is 510 Å². The smallest absolute Gasteiger partial charge is 0.327 e. The summed E-state index contributed by atoms with van der Waals surface area (Å²) in [5, 5.41) is 40.6. The first-order valence-corrected chi connectivity index (χ1v) is 25.5. The van der Waals surface area contributed by atoms with E-state index in [0.717, 1.165) is 0 Å². The summed E-state index contributed by atoms with van der Waals surface area (Å²) < 4.78 is 0. The maximum atomic E-state index is 14.3. The standard InChI is InChI=1S/C44H64N18O13S3/c45-25(9-22-12-49-19-54-22)36(67)59-29(11-33(46)64)41(72)61-28(10-23-13-50-20-55-23)40(71)58-26(2-1-7-51-44(47)48)39(70)60-27(8-21-3-5-24(63)6-4-21)37(68)52-14-34(65)56-30(16-76)38(69)53-15-35(66)57-31(17-77)42(73)62-32(18-78)43(74)75/h3-6,12-13,19-20,25-32,63,76-78H,1-2,7-11,14-18,45H2,(H2,46,64)(H,49,54)(H,50,55)(H,52,68)(H,53,69)(H,56,65)(H,57,66)(H,58,71)(H,59,67)(H,60,70)(H,61,72)(H,62,73)(H,74,75)(H4,47,48,51)/t25-,26-,27-,28-,29-,30-,31-,32-/m0/s1. The van der Waals surface area contributed by atoms with E-state index in [1.54, 1.807) is 0 Å². The van der Waals surface area contributed by atoms with Gasteiger partial charge in [-0.3, -0.25) is 52.9 Å². The Morgan fingerprint density at radius 2 is 1.01 bits per heavy atom. The number of aromatic nitrogens is 4. The Kier molecular flexibility index (Phi) is 27.3. The summed E-state index contributed by atoms with van der Waals surface area (Å²) in [6, 6.07) is -5.83. The first-order chi connectivity index (χ1) is 37.0. The quantitative estimate of drug-likeness (QED) is 0.0114. The minimum absolute atomic E-state index is 0.0215. The summed E-state index contributed by atoms with van der Waals surface area (Å²) >= 11 is 12.0. The predicted octanol–water partition coefficient (Wildman–Crippen LogP) is -7.38. The Bertz CT molecular complexity index is 2560. The van der Waals surface area contributed by atoms with Gasteiger partial charge in [0.25, 0.3) is 0 Å². The van der Waals surface area contributed by atoms with Crippen LogP contribution < -0.4 is 70.8 Å². The van der Waals surface area contributed by atoms with E-state index in [0.29, 0.717) is 17.0 Å². The molecule has 0 spiro atoms. The third-order valence-electron chi connectivity index (χ3n) is 10.9. The van der Waals surface area contributed by atoms with Crippen molar-refractivity contribution in [3.63, 3.8) is 0 Å². The van der Waals surface area contributed by atoms with Crippen LogP contribution in [0, 0.1) is 0 Å². The SMILES string of the molecule is NC(=O)C[C@H](NC(=O)[C@@H](N)Cc1cnc[nH]1)C(=O)N[C@@H](Cc1cnc[nH]1)C(=O)N[C@@H](CCCN=C(N)N)C(=O)N[C@@H](Cc1ccc(O)cc1)C(=O)NCC(=O)N[C@@H](CS)C(=O)NCC(=O)N[C@@H](CS)C(=O)N[C@@H](CS)C(=O)O. The molecule has 0 saturated carbocycles. The highest BCUT2D eigenvalue weighted by Crippen LogP contribution is 2.13. The largest absolute Gasteiger partial charge is 0.508 e. The van der Waals surface area contributed by atoms with Crippen LogP contribution in [-0.4, -0.2) is 186 Å². The third kappa shape index (κ3) is 23.0. The first kappa shape index (κ1) is 64.2. The number of thiol groups is 3. The van der Waals surface area contributed by atoms with Crippen molar-refractivity contribution in [1.82, 2.24) is 67.8 Å². The zero-order chi connectivity index (χ0) is 57.9. The first-order valence-electron chi connectivity index (χ1n) is 23.6. The van der Waals surface area contributed by atoms with Gasteiger partial charge in [0.2, 0.25) is 59.1 Å². The van der Waals surface area contributed by atoms with Crippen LogP contribution in [0.2, 0.25) is 0 Å². The minimum atomic E-state index is -1.63. The molecule has 426 valence electrons. The number of imidazole rings is 2. The fourth-order valence-corrected chi connectivity index (χ4v) is 7.59. The summed E-state index contributed by atoms with van der Waals surface area (Å²) in [5.41, 5.74) is 23.7. The lowest BCUT2D eigenvalue weighted by Gasteiger charge is -2.26. The summed E-state index contributed by atoms with van der Waals surface area (Å²) in [5.74, 6) is -11.8. The molecule has 0 aliphatic rings. The number of hydrogen-bond donors (Lipinski definition) is 20. The van der Waals surface area contributed by atoms with Crippen molar-refractivity contribution in [2.24, 2.45) is 27.9 Å². The number of carbonyl (C=O) groups is 11. The van der Waals surface area contributed by atoms with Crippen molar-refractivity contribution in [2.75, 3.05) is 36.9 Å². The van der Waals surface area contributed by atoms with Crippen LogP contribution in [0.5, 0.6) is 5.75 Å². The van der Waals surface area contributed by atoms with Crippen LogP contribution in [0.1, 0.15) is 36.2 Å². The molecular formula is C44H64N18O13S3. The van der Waals surface area contributed by atoms with E-state index in [2.05, 4.69) is 111 Å². The van der Waals surface area contributed by atoms with E-state index >= 15 is 0 Å². The van der Waals surface area contributed by atoms with Gasteiger partial charge < -0.3 is 91.0 Å². The number of nitrogens with zero attached hydrogens (tertiary/aromatic N) is 3. The number of primary amides is 1. The molecular weight excluding hydrogens is 1080 g/mol. The molecule has 78 heavy (non-hydrogen) atoms. The molecule has 2 aromatic heterocycles. The fourth-order valence-electron chi connectivity index (χ4n) is 6.82. The average Bonchev–Trinajstić information content (AvgIpc) is 4.12. The molecule has 34 heteroatoms. The van der Waals surface area contributed by atoms with Gasteiger partial charge in [0.15, 0.2) is 5.96 Å². The van der Waals surface area contributed by atoms with Crippen LogP contribution in [0.4, 0.5) is 0 Å². The Hall–Kier alpha value is -8.11. The molecule has 2 heterocycles. The van der Waals surface area contributed by atoms with Gasteiger partial charge in [-0.2, -0.15) is 37.9 Å². The molecule has 8 atom stereocenters. The predicted molar refractivity (Wildman–Crippen MR) is 287 cm³/mol. The molecule has 3 rings (SSSR count). The number of hydrogen-bond acceptors (Lipinski definition) is 19. The number of aromatic hydroxyl groups is 1. The Morgan fingerprint density at radius 3 is 1.51 bits per heavy atom. The van der Waals surface area contributed by atoms with E-state index in [1.165, 1.54) is 49.3 Å². The number of guanidine groups is 1. The number of carboxylic acid groups (broad SMARTS) is 1. The number of amides is 10. The monoisotopic (exact) mass is 1150 g/mol.